The van der Waals surface area contributed by atoms with E-state index in [0.717, 1.165) is 12.0 Å². The Morgan fingerprint density at radius 3 is 2.37 bits per heavy atom. The highest BCUT2D eigenvalue weighted by atomic mass is 17.2. The predicted octanol–water partition coefficient (Wildman–Crippen LogP) is 4.02. The van der Waals surface area contributed by atoms with E-state index in [1.807, 2.05) is 19.1 Å². The maximum Gasteiger partial charge on any atom is 0.349 e. The molecule has 0 saturated carbocycles. The largest absolute Gasteiger partial charge is 0.349 e. The van der Waals surface area contributed by atoms with E-state index in [-0.39, 0.29) is 11.9 Å². The average molecular weight is 264 g/mol. The van der Waals surface area contributed by atoms with Gasteiger partial charge in [0.2, 0.25) is 0 Å². The van der Waals surface area contributed by atoms with Crippen molar-refractivity contribution in [2.45, 2.75) is 52.4 Å². The lowest BCUT2D eigenvalue weighted by Crippen LogP contribution is -2.15. The Morgan fingerprint density at radius 1 is 1.16 bits per heavy atom. The first-order valence-corrected chi connectivity index (χ1v) is 7.15. The number of carbonyl (C=O) groups excluding carboxylic acids is 1. The highest BCUT2D eigenvalue weighted by molar-refractivity contribution is 5.77. The van der Waals surface area contributed by atoms with E-state index in [4.69, 9.17) is 9.78 Å². The smallest absolute Gasteiger partial charge is 0.298 e. The number of aryl methyl sites for hydroxylation is 1. The summed E-state index contributed by atoms with van der Waals surface area (Å²) in [6.07, 6.45) is 4.19. The van der Waals surface area contributed by atoms with E-state index in [1.165, 1.54) is 18.4 Å². The fourth-order valence-corrected chi connectivity index (χ4v) is 2.01. The maximum absolute atomic E-state index is 11.8. The maximum atomic E-state index is 11.8. The molecule has 1 atom stereocenters. The molecule has 0 aliphatic heterocycles. The lowest BCUT2D eigenvalue weighted by molar-refractivity contribution is -0.271. The molecule has 0 heterocycles. The van der Waals surface area contributed by atoms with Crippen LogP contribution in [0.4, 0.5) is 0 Å². The van der Waals surface area contributed by atoms with Crippen molar-refractivity contribution in [2.24, 2.45) is 0 Å². The van der Waals surface area contributed by atoms with E-state index in [1.54, 1.807) is 6.92 Å². The molecular weight excluding hydrogens is 240 g/mol. The molecule has 0 amide bonds. The summed E-state index contributed by atoms with van der Waals surface area (Å²) in [6, 6.07) is 8.24. The summed E-state index contributed by atoms with van der Waals surface area (Å²) < 4.78 is 0. The van der Waals surface area contributed by atoms with Crippen LogP contribution in [0.25, 0.3) is 0 Å². The summed E-state index contributed by atoms with van der Waals surface area (Å²) >= 11 is 0. The molecule has 1 aromatic carbocycles. The topological polar surface area (TPSA) is 35.5 Å². The van der Waals surface area contributed by atoms with Crippen LogP contribution in [0, 0.1) is 0 Å². The van der Waals surface area contributed by atoms with Gasteiger partial charge in [-0.25, -0.2) is 4.79 Å². The van der Waals surface area contributed by atoms with Crippen molar-refractivity contribution in [1.29, 1.82) is 0 Å². The van der Waals surface area contributed by atoms with Crippen molar-refractivity contribution in [3.63, 3.8) is 0 Å². The molecule has 1 unspecified atom stereocenters. The minimum absolute atomic E-state index is 0.244. The Labute approximate surface area is 115 Å². The second-order valence-electron chi connectivity index (χ2n) is 4.61. The zero-order valence-electron chi connectivity index (χ0n) is 12.1. The van der Waals surface area contributed by atoms with Gasteiger partial charge in [-0.05, 0) is 37.3 Å². The molecule has 3 heteroatoms. The Morgan fingerprint density at radius 2 is 1.84 bits per heavy atom. The summed E-state index contributed by atoms with van der Waals surface area (Å²) in [7, 11) is 0. The third kappa shape index (κ3) is 5.03. The van der Waals surface area contributed by atoms with Crippen molar-refractivity contribution in [3.05, 3.63) is 35.4 Å². The standard InChI is InChI=1S/C16H24O3/c1-4-7-8-13-9-11-14(12-10-13)15(5-2)16(17)19-18-6-3/h9-12,15H,4-8H2,1-3H3. The lowest BCUT2D eigenvalue weighted by atomic mass is 9.95. The highest BCUT2D eigenvalue weighted by Gasteiger charge is 2.21. The third-order valence-corrected chi connectivity index (χ3v) is 3.15. The van der Waals surface area contributed by atoms with E-state index < -0.39 is 0 Å². The van der Waals surface area contributed by atoms with Crippen LogP contribution in [-0.4, -0.2) is 12.6 Å². The second kappa shape index (κ2) is 8.70. The molecule has 0 spiro atoms. The molecule has 0 radical (unpaired) electrons. The summed E-state index contributed by atoms with van der Waals surface area (Å²) in [4.78, 5) is 21.3. The van der Waals surface area contributed by atoms with E-state index in [0.29, 0.717) is 13.0 Å². The van der Waals surface area contributed by atoms with Gasteiger partial charge in [-0.2, -0.15) is 4.89 Å². The summed E-state index contributed by atoms with van der Waals surface area (Å²) in [5.41, 5.74) is 2.31. The van der Waals surface area contributed by atoms with Crippen LogP contribution in [0.1, 0.15) is 57.1 Å². The van der Waals surface area contributed by atoms with Crippen LogP contribution in [0.3, 0.4) is 0 Å². The first kappa shape index (κ1) is 15.7. The monoisotopic (exact) mass is 264 g/mol. The van der Waals surface area contributed by atoms with Crippen molar-refractivity contribution in [1.82, 2.24) is 0 Å². The summed E-state index contributed by atoms with van der Waals surface area (Å²) in [5, 5.41) is 0. The SMILES string of the molecule is CCCCc1ccc(C(CC)C(=O)OOCC)cc1. The number of hydrogen-bond acceptors (Lipinski definition) is 3. The zero-order valence-corrected chi connectivity index (χ0v) is 12.1. The van der Waals surface area contributed by atoms with Crippen LogP contribution in [0.5, 0.6) is 0 Å². The van der Waals surface area contributed by atoms with E-state index >= 15 is 0 Å². The third-order valence-electron chi connectivity index (χ3n) is 3.15. The fraction of sp³-hybridized carbons (Fsp3) is 0.562. The molecule has 0 N–H and O–H groups in total. The van der Waals surface area contributed by atoms with Gasteiger partial charge in [0.15, 0.2) is 0 Å². The minimum Gasteiger partial charge on any atom is -0.298 e. The molecule has 3 nitrogen and oxygen atoms in total. The van der Waals surface area contributed by atoms with Gasteiger partial charge >= 0.3 is 5.97 Å². The summed E-state index contributed by atoms with van der Waals surface area (Å²) in [5.74, 6) is -0.558. The second-order valence-corrected chi connectivity index (χ2v) is 4.61. The number of rotatable bonds is 8. The lowest BCUT2D eigenvalue weighted by Gasteiger charge is -2.13. The van der Waals surface area contributed by atoms with Crippen LogP contribution in [0.15, 0.2) is 24.3 Å². The van der Waals surface area contributed by atoms with Gasteiger partial charge in [-0.1, -0.05) is 44.5 Å². The van der Waals surface area contributed by atoms with Crippen LogP contribution in [-0.2, 0) is 21.0 Å². The molecular formula is C16H24O3. The van der Waals surface area contributed by atoms with Crippen molar-refractivity contribution in [3.8, 4) is 0 Å². The fourth-order valence-electron chi connectivity index (χ4n) is 2.01. The van der Waals surface area contributed by atoms with Gasteiger partial charge in [0.25, 0.3) is 0 Å². The molecule has 106 valence electrons. The quantitative estimate of drug-likeness (QED) is 0.525. The van der Waals surface area contributed by atoms with E-state index in [2.05, 4.69) is 19.1 Å². The van der Waals surface area contributed by atoms with Crippen molar-refractivity contribution in [2.75, 3.05) is 6.61 Å². The number of unbranched alkanes of at least 4 members (excludes halogenated alkanes) is 1. The number of benzene rings is 1. The molecule has 0 aliphatic rings. The van der Waals surface area contributed by atoms with Gasteiger partial charge in [0.05, 0.1) is 12.5 Å². The van der Waals surface area contributed by atoms with Crippen LogP contribution < -0.4 is 0 Å². The number of carbonyl (C=O) groups is 1. The van der Waals surface area contributed by atoms with Gasteiger partial charge in [0.1, 0.15) is 0 Å². The molecule has 0 saturated heterocycles. The Hall–Kier alpha value is -1.35. The average Bonchev–Trinajstić information content (AvgIpc) is 2.45. The first-order valence-electron chi connectivity index (χ1n) is 7.15. The summed E-state index contributed by atoms with van der Waals surface area (Å²) in [6.45, 7) is 6.32. The minimum atomic E-state index is -0.314. The Balaban J connectivity index is 2.67. The van der Waals surface area contributed by atoms with Crippen LogP contribution in [0.2, 0.25) is 0 Å². The normalized spacial score (nSPS) is 12.2. The molecule has 0 bridgehead atoms. The molecule has 1 aromatic rings. The van der Waals surface area contributed by atoms with Gasteiger partial charge in [-0.3, -0.25) is 4.89 Å². The molecule has 0 aliphatic carbocycles. The molecule has 0 aromatic heterocycles. The van der Waals surface area contributed by atoms with E-state index in [9.17, 15) is 4.79 Å². The van der Waals surface area contributed by atoms with Gasteiger partial charge < -0.3 is 0 Å². The van der Waals surface area contributed by atoms with Crippen molar-refractivity contribution >= 4 is 5.97 Å². The van der Waals surface area contributed by atoms with Crippen molar-refractivity contribution < 1.29 is 14.6 Å². The highest BCUT2D eigenvalue weighted by Crippen LogP contribution is 2.22. The van der Waals surface area contributed by atoms with Gasteiger partial charge in [0, 0.05) is 0 Å². The predicted molar refractivity (Wildman–Crippen MR) is 75.8 cm³/mol. The Bertz CT molecular complexity index is 370. The Kier molecular flexibility index (Phi) is 7.19. The zero-order chi connectivity index (χ0) is 14.1. The number of hydrogen-bond donors (Lipinski definition) is 0. The first-order chi connectivity index (χ1) is 9.22. The molecule has 19 heavy (non-hydrogen) atoms. The van der Waals surface area contributed by atoms with Gasteiger partial charge in [-0.15, -0.1) is 0 Å². The van der Waals surface area contributed by atoms with Crippen LogP contribution >= 0.6 is 0 Å². The molecule has 1 rings (SSSR count). The molecule has 0 fully saturated rings.